The lowest BCUT2D eigenvalue weighted by Crippen LogP contribution is -2.40. The first-order chi connectivity index (χ1) is 12.6. The second-order valence-electron chi connectivity index (χ2n) is 6.21. The highest BCUT2D eigenvalue weighted by molar-refractivity contribution is 7.80. The maximum Gasteiger partial charge on any atom is 0.164 e. The summed E-state index contributed by atoms with van der Waals surface area (Å²) < 4.78 is 5.42. The smallest absolute Gasteiger partial charge is 0.164 e. The number of H-pyrrole nitrogens is 1. The van der Waals surface area contributed by atoms with Gasteiger partial charge in [-0.2, -0.15) is 12.6 Å². The zero-order valence-corrected chi connectivity index (χ0v) is 16.3. The predicted molar refractivity (Wildman–Crippen MR) is 108 cm³/mol. The van der Waals surface area contributed by atoms with E-state index in [1.54, 1.807) is 13.3 Å². The number of ketones is 1. The molecule has 142 valence electrons. The number of aromatic amines is 1. The maximum absolute atomic E-state index is 12.0. The first kappa shape index (κ1) is 20.5. The molecule has 2 aromatic rings. The van der Waals surface area contributed by atoms with Crippen molar-refractivity contribution in [1.29, 1.82) is 0 Å². The van der Waals surface area contributed by atoms with Crippen molar-refractivity contribution in [1.82, 2.24) is 15.3 Å². The van der Waals surface area contributed by atoms with Gasteiger partial charge in [-0.25, -0.2) is 4.98 Å². The van der Waals surface area contributed by atoms with Gasteiger partial charge >= 0.3 is 0 Å². The Morgan fingerprint density at radius 1 is 1.42 bits per heavy atom. The van der Waals surface area contributed by atoms with Crippen LogP contribution in [0.25, 0.3) is 11.3 Å². The van der Waals surface area contributed by atoms with E-state index in [9.17, 15) is 4.79 Å². The summed E-state index contributed by atoms with van der Waals surface area (Å²) in [5, 5.41) is 3.29. The summed E-state index contributed by atoms with van der Waals surface area (Å²) in [6, 6.07) is 7.22. The molecule has 0 aliphatic rings. The van der Waals surface area contributed by atoms with E-state index in [1.807, 2.05) is 24.3 Å². The van der Waals surface area contributed by atoms with Crippen LogP contribution in [-0.2, 0) is 4.79 Å². The van der Waals surface area contributed by atoms with E-state index in [-0.39, 0.29) is 18.4 Å². The summed E-state index contributed by atoms with van der Waals surface area (Å²) >= 11 is 4.08. The minimum absolute atomic E-state index is 0.0329. The van der Waals surface area contributed by atoms with Crippen LogP contribution >= 0.6 is 12.6 Å². The lowest BCUT2D eigenvalue weighted by molar-refractivity contribution is -0.119. The molecule has 0 bridgehead atoms. The van der Waals surface area contributed by atoms with Gasteiger partial charge < -0.3 is 20.8 Å². The molecule has 7 heteroatoms. The van der Waals surface area contributed by atoms with Gasteiger partial charge in [0, 0.05) is 11.3 Å². The quantitative estimate of drug-likeness (QED) is 0.453. The summed E-state index contributed by atoms with van der Waals surface area (Å²) in [5.74, 6) is 1.90. The third kappa shape index (κ3) is 5.33. The van der Waals surface area contributed by atoms with Crippen molar-refractivity contribution in [2.45, 2.75) is 38.3 Å². The first-order valence-corrected chi connectivity index (χ1v) is 9.54. The van der Waals surface area contributed by atoms with Crippen LogP contribution in [0.3, 0.4) is 0 Å². The standard InChI is InChI=1S/C19H28N4O2S/c1-3-4-8-15(21-11-17(24)14(20)12-26)19-22-10-16(23-19)13-7-5-6-9-18(13)25-2/h5-7,9-10,14-15,21,26H,3-4,8,11-12,20H2,1-2H3,(H,22,23). The molecule has 0 amide bonds. The number of methoxy groups -OCH3 is 1. The van der Waals surface area contributed by atoms with Crippen LogP contribution in [0.15, 0.2) is 30.5 Å². The van der Waals surface area contributed by atoms with Crippen LogP contribution in [0.1, 0.15) is 38.1 Å². The van der Waals surface area contributed by atoms with E-state index < -0.39 is 6.04 Å². The monoisotopic (exact) mass is 376 g/mol. The number of rotatable bonds is 11. The van der Waals surface area contributed by atoms with E-state index in [0.29, 0.717) is 5.75 Å². The zero-order chi connectivity index (χ0) is 18.9. The second kappa shape index (κ2) is 10.4. The molecule has 1 aromatic carbocycles. The summed E-state index contributed by atoms with van der Waals surface area (Å²) in [4.78, 5) is 19.9. The largest absolute Gasteiger partial charge is 0.496 e. The Kier molecular flexibility index (Phi) is 8.15. The summed E-state index contributed by atoms with van der Waals surface area (Å²) in [6.07, 6.45) is 4.80. The van der Waals surface area contributed by atoms with Gasteiger partial charge in [-0.15, -0.1) is 0 Å². The molecule has 26 heavy (non-hydrogen) atoms. The number of imidazole rings is 1. The molecule has 0 aliphatic carbocycles. The van der Waals surface area contributed by atoms with Crippen LogP contribution in [0, 0.1) is 0 Å². The fourth-order valence-corrected chi connectivity index (χ4v) is 2.92. The lowest BCUT2D eigenvalue weighted by atomic mass is 10.1. The average molecular weight is 377 g/mol. The molecule has 2 unspecified atom stereocenters. The van der Waals surface area contributed by atoms with Gasteiger partial charge in [0.15, 0.2) is 5.78 Å². The number of benzene rings is 1. The molecule has 6 nitrogen and oxygen atoms in total. The van der Waals surface area contributed by atoms with Gasteiger partial charge in [-0.1, -0.05) is 31.9 Å². The van der Waals surface area contributed by atoms with Crippen LogP contribution in [-0.4, -0.2) is 41.2 Å². The number of thiol groups is 1. The molecule has 1 heterocycles. The van der Waals surface area contributed by atoms with Crippen LogP contribution in [0.2, 0.25) is 0 Å². The highest BCUT2D eigenvalue weighted by Gasteiger charge is 2.19. The molecule has 2 rings (SSSR count). The van der Waals surface area contributed by atoms with E-state index in [2.05, 4.69) is 34.8 Å². The molecule has 0 saturated carbocycles. The average Bonchev–Trinajstić information content (AvgIpc) is 3.16. The Hall–Kier alpha value is -1.83. The van der Waals surface area contributed by atoms with Crippen LogP contribution in [0.4, 0.5) is 0 Å². The molecule has 0 radical (unpaired) electrons. The molecular weight excluding hydrogens is 348 g/mol. The fraction of sp³-hybridized carbons (Fsp3) is 0.474. The number of unbranched alkanes of at least 4 members (excludes halogenated alkanes) is 1. The Balaban J connectivity index is 2.15. The number of nitrogens with one attached hydrogen (secondary N) is 2. The third-order valence-electron chi connectivity index (χ3n) is 4.30. The van der Waals surface area contributed by atoms with E-state index >= 15 is 0 Å². The predicted octanol–water partition coefficient (Wildman–Crippen LogP) is 2.73. The SMILES string of the molecule is CCCCC(NCC(=O)C(N)CS)c1ncc(-c2ccccc2OC)[nH]1. The number of ether oxygens (including phenoxy) is 1. The topological polar surface area (TPSA) is 93.0 Å². The maximum atomic E-state index is 12.0. The molecule has 0 aliphatic heterocycles. The molecule has 4 N–H and O–H groups in total. The molecule has 0 saturated heterocycles. The van der Waals surface area contributed by atoms with Gasteiger partial charge in [-0.3, -0.25) is 4.79 Å². The summed E-state index contributed by atoms with van der Waals surface area (Å²) in [7, 11) is 1.65. The Morgan fingerprint density at radius 2 is 2.19 bits per heavy atom. The number of carbonyl (C=O) groups excluding carboxylic acids is 1. The van der Waals surface area contributed by atoms with Crippen molar-refractivity contribution in [3.8, 4) is 17.0 Å². The van der Waals surface area contributed by atoms with Crippen LogP contribution < -0.4 is 15.8 Å². The normalized spacial score (nSPS) is 13.4. The van der Waals surface area contributed by atoms with E-state index in [0.717, 1.165) is 42.1 Å². The highest BCUT2D eigenvalue weighted by Crippen LogP contribution is 2.29. The molecule has 1 aromatic heterocycles. The molecular formula is C19H28N4O2S. The van der Waals surface area contributed by atoms with Gasteiger partial charge in [0.2, 0.25) is 0 Å². The Morgan fingerprint density at radius 3 is 2.88 bits per heavy atom. The van der Waals surface area contributed by atoms with Gasteiger partial charge in [0.1, 0.15) is 11.6 Å². The van der Waals surface area contributed by atoms with E-state index in [1.165, 1.54) is 0 Å². The van der Waals surface area contributed by atoms with Gasteiger partial charge in [0.25, 0.3) is 0 Å². The van der Waals surface area contributed by atoms with Crippen LogP contribution in [0.5, 0.6) is 5.75 Å². The van der Waals surface area contributed by atoms with Crippen molar-refractivity contribution in [3.05, 3.63) is 36.3 Å². The fourth-order valence-electron chi connectivity index (χ4n) is 2.72. The van der Waals surface area contributed by atoms with Gasteiger partial charge in [0.05, 0.1) is 37.6 Å². The second-order valence-corrected chi connectivity index (χ2v) is 6.58. The van der Waals surface area contributed by atoms with Crippen molar-refractivity contribution in [2.75, 3.05) is 19.4 Å². The summed E-state index contributed by atoms with van der Waals surface area (Å²) in [6.45, 7) is 2.35. The van der Waals surface area contributed by atoms with Crippen molar-refractivity contribution in [2.24, 2.45) is 5.73 Å². The lowest BCUT2D eigenvalue weighted by Gasteiger charge is -2.17. The minimum Gasteiger partial charge on any atom is -0.496 e. The number of hydrogen-bond acceptors (Lipinski definition) is 6. The molecule has 2 atom stereocenters. The summed E-state index contributed by atoms with van der Waals surface area (Å²) in [5.41, 5.74) is 7.59. The minimum atomic E-state index is -0.543. The highest BCUT2D eigenvalue weighted by atomic mass is 32.1. The number of carbonyl (C=O) groups is 1. The third-order valence-corrected chi connectivity index (χ3v) is 4.70. The first-order valence-electron chi connectivity index (χ1n) is 8.91. The number of aromatic nitrogens is 2. The van der Waals surface area contributed by atoms with Crippen molar-refractivity contribution in [3.63, 3.8) is 0 Å². The van der Waals surface area contributed by atoms with Crippen molar-refractivity contribution >= 4 is 18.4 Å². The van der Waals surface area contributed by atoms with Gasteiger partial charge in [-0.05, 0) is 18.6 Å². The molecule has 0 fully saturated rings. The van der Waals surface area contributed by atoms with E-state index in [4.69, 9.17) is 10.5 Å². The Bertz CT molecular complexity index is 704. The van der Waals surface area contributed by atoms with Crippen molar-refractivity contribution < 1.29 is 9.53 Å². The molecule has 0 spiro atoms. The zero-order valence-electron chi connectivity index (χ0n) is 15.4. The number of hydrogen-bond donors (Lipinski definition) is 4. The number of nitrogens with two attached hydrogens (primary N) is 1. The number of para-hydroxylation sites is 1. The number of nitrogens with zero attached hydrogens (tertiary/aromatic N) is 1. The number of Topliss-reactive ketones (excluding diaryl/α,β-unsaturated/α-hetero) is 1. The Labute approximate surface area is 160 Å².